The first-order valence-corrected chi connectivity index (χ1v) is 4.01. The van der Waals surface area contributed by atoms with Gasteiger partial charge in [0.1, 0.15) is 0 Å². The van der Waals surface area contributed by atoms with E-state index < -0.39 is 0 Å². The Morgan fingerprint density at radius 2 is 2.20 bits per heavy atom. The number of quaternary nitrogens is 1. The van der Waals surface area contributed by atoms with Gasteiger partial charge in [0.25, 0.3) is 0 Å². The van der Waals surface area contributed by atoms with Gasteiger partial charge in [0.2, 0.25) is 6.20 Å². The third-order valence-corrected chi connectivity index (χ3v) is 1.72. The normalized spacial score (nSPS) is 23.4. The molecule has 1 aliphatic rings. The lowest BCUT2D eigenvalue weighted by Gasteiger charge is -1.96. The third kappa shape index (κ3) is 1.67. The predicted octanol–water partition coefficient (Wildman–Crippen LogP) is -0.173. The molecule has 2 nitrogen and oxygen atoms in total. The Labute approximate surface area is 62.5 Å². The lowest BCUT2D eigenvalue weighted by atomic mass is 10.5. The second-order valence-electron chi connectivity index (χ2n) is 2.60. The molecule has 1 heterocycles. The molecule has 0 aliphatic carbocycles. The van der Waals surface area contributed by atoms with Crippen LogP contribution in [0.15, 0.2) is 12.4 Å². The first-order chi connectivity index (χ1) is 4.86. The lowest BCUT2D eigenvalue weighted by Crippen LogP contribution is -3.05. The van der Waals surface area contributed by atoms with Gasteiger partial charge in [-0.25, -0.2) is 4.90 Å². The molecule has 0 saturated heterocycles. The van der Waals surface area contributed by atoms with Crippen LogP contribution in [0.3, 0.4) is 0 Å². The minimum atomic E-state index is 1.09. The fraction of sp³-hybridized carbons (Fsp3) is 0.625. The van der Waals surface area contributed by atoms with Gasteiger partial charge in [-0.2, -0.15) is 4.58 Å². The van der Waals surface area contributed by atoms with Gasteiger partial charge in [-0.1, -0.05) is 6.92 Å². The average Bonchev–Trinajstić information content (AvgIpc) is 2.37. The molecule has 56 valence electrons. The van der Waals surface area contributed by atoms with Crippen LogP contribution in [0.5, 0.6) is 0 Å². The predicted molar refractivity (Wildman–Crippen MR) is 42.1 cm³/mol. The molecule has 0 bridgehead atoms. The molecule has 0 amide bonds. The number of nitrogens with zero attached hydrogens (tertiary/aromatic N) is 1. The van der Waals surface area contributed by atoms with Crippen molar-refractivity contribution < 1.29 is 9.48 Å². The molecule has 1 atom stereocenters. The Kier molecular flexibility index (Phi) is 2.63. The van der Waals surface area contributed by atoms with Crippen LogP contribution in [-0.2, 0) is 0 Å². The van der Waals surface area contributed by atoms with Crippen LogP contribution in [0.1, 0.15) is 20.3 Å². The maximum absolute atomic E-state index is 2.23. The van der Waals surface area contributed by atoms with E-state index in [1.165, 1.54) is 17.9 Å². The lowest BCUT2D eigenvalue weighted by molar-refractivity contribution is -0.749. The van der Waals surface area contributed by atoms with Crippen LogP contribution in [-0.4, -0.2) is 24.0 Å². The zero-order chi connectivity index (χ0) is 7.40. The molecule has 1 aliphatic heterocycles. The van der Waals surface area contributed by atoms with Crippen LogP contribution in [0, 0.1) is 0 Å². The quantitative estimate of drug-likeness (QED) is 0.520. The Hall–Kier alpha value is -0.630. The molecule has 1 N–H and O–H groups in total. The van der Waals surface area contributed by atoms with Crippen molar-refractivity contribution in [2.45, 2.75) is 20.3 Å². The van der Waals surface area contributed by atoms with Crippen molar-refractivity contribution in [1.82, 2.24) is 0 Å². The van der Waals surface area contributed by atoms with E-state index in [4.69, 9.17) is 0 Å². The van der Waals surface area contributed by atoms with Gasteiger partial charge >= 0.3 is 6.34 Å². The minimum absolute atomic E-state index is 1.09. The Balaban J connectivity index is 2.41. The van der Waals surface area contributed by atoms with Gasteiger partial charge in [0.05, 0.1) is 6.54 Å². The van der Waals surface area contributed by atoms with Crippen molar-refractivity contribution in [3.63, 3.8) is 0 Å². The summed E-state index contributed by atoms with van der Waals surface area (Å²) in [7, 11) is 0. The van der Waals surface area contributed by atoms with E-state index in [2.05, 4.69) is 37.2 Å². The molecule has 1 unspecified atom stereocenters. The first kappa shape index (κ1) is 7.48. The number of nitrogens with one attached hydrogen (secondary N) is 1. The van der Waals surface area contributed by atoms with Crippen LogP contribution in [0.4, 0.5) is 0 Å². The van der Waals surface area contributed by atoms with E-state index in [0.29, 0.717) is 0 Å². The second-order valence-corrected chi connectivity index (χ2v) is 2.60. The van der Waals surface area contributed by atoms with E-state index in [0.717, 1.165) is 6.54 Å². The van der Waals surface area contributed by atoms with Gasteiger partial charge in [0, 0.05) is 0 Å². The van der Waals surface area contributed by atoms with Gasteiger partial charge in [0.15, 0.2) is 12.7 Å². The SMILES string of the molecule is CCC[NH+]1C=C[N+](CC)=C1. The highest BCUT2D eigenvalue weighted by atomic mass is 15.2. The van der Waals surface area contributed by atoms with Crippen LogP contribution < -0.4 is 4.90 Å². The minimum Gasteiger partial charge on any atom is -0.222 e. The largest absolute Gasteiger partial charge is 0.335 e. The zero-order valence-corrected chi connectivity index (χ0v) is 6.80. The van der Waals surface area contributed by atoms with E-state index >= 15 is 0 Å². The van der Waals surface area contributed by atoms with Crippen LogP contribution in [0.2, 0.25) is 0 Å². The first-order valence-electron chi connectivity index (χ1n) is 4.01. The molecule has 1 rings (SSSR count). The summed E-state index contributed by atoms with van der Waals surface area (Å²) in [6.07, 6.45) is 7.81. The van der Waals surface area contributed by atoms with Crippen molar-refractivity contribution in [1.29, 1.82) is 0 Å². The molecule has 0 aromatic rings. The van der Waals surface area contributed by atoms with Crippen molar-refractivity contribution in [3.05, 3.63) is 12.4 Å². The highest BCUT2D eigenvalue weighted by Crippen LogP contribution is 1.77. The van der Waals surface area contributed by atoms with Gasteiger partial charge in [-0.15, -0.1) is 0 Å². The summed E-state index contributed by atoms with van der Waals surface area (Å²) in [5.74, 6) is 0. The Bertz CT molecular complexity index is 159. The summed E-state index contributed by atoms with van der Waals surface area (Å²) < 4.78 is 2.21. The summed E-state index contributed by atoms with van der Waals surface area (Å²) in [5, 5.41) is 0. The molecule has 0 aromatic carbocycles. The van der Waals surface area contributed by atoms with Crippen molar-refractivity contribution in [2.75, 3.05) is 13.1 Å². The molecule has 0 spiro atoms. The zero-order valence-electron chi connectivity index (χ0n) is 6.80. The van der Waals surface area contributed by atoms with Crippen LogP contribution in [0.25, 0.3) is 0 Å². The Morgan fingerprint density at radius 3 is 2.70 bits per heavy atom. The smallest absolute Gasteiger partial charge is 0.222 e. The summed E-state index contributed by atoms with van der Waals surface area (Å²) in [4.78, 5) is 1.46. The van der Waals surface area contributed by atoms with Crippen molar-refractivity contribution in [3.8, 4) is 0 Å². The summed E-state index contributed by atoms with van der Waals surface area (Å²) in [6.45, 7) is 6.68. The molecule has 0 saturated carbocycles. The molecule has 0 aromatic heterocycles. The summed E-state index contributed by atoms with van der Waals surface area (Å²) in [6, 6.07) is 0. The fourth-order valence-electron chi connectivity index (χ4n) is 1.12. The number of rotatable bonds is 3. The molecule has 10 heavy (non-hydrogen) atoms. The fourth-order valence-corrected chi connectivity index (χ4v) is 1.12. The molecular formula is C8H16N2+2. The number of hydrogen-bond acceptors (Lipinski definition) is 0. The standard InChI is InChI=1S/C8H15N2/c1-3-5-10-7-6-9(4-2)8-10/h6-8H,3-5H2,1-2H3/q+1/p+1. The van der Waals surface area contributed by atoms with E-state index in [1.807, 2.05) is 0 Å². The maximum atomic E-state index is 2.23. The van der Waals surface area contributed by atoms with Crippen molar-refractivity contribution >= 4 is 6.34 Å². The molecule has 0 fully saturated rings. The van der Waals surface area contributed by atoms with Gasteiger partial charge < -0.3 is 0 Å². The van der Waals surface area contributed by atoms with Gasteiger partial charge in [-0.3, -0.25) is 0 Å². The topological polar surface area (TPSA) is 7.45 Å². The summed E-state index contributed by atoms with van der Waals surface area (Å²) in [5.41, 5.74) is 0. The van der Waals surface area contributed by atoms with Crippen LogP contribution >= 0.6 is 0 Å². The highest BCUT2D eigenvalue weighted by Gasteiger charge is 2.13. The molecule has 0 radical (unpaired) electrons. The number of hydrogen-bond donors (Lipinski definition) is 1. The average molecular weight is 140 g/mol. The summed E-state index contributed by atoms with van der Waals surface area (Å²) >= 11 is 0. The Morgan fingerprint density at radius 1 is 1.40 bits per heavy atom. The second kappa shape index (κ2) is 3.52. The van der Waals surface area contributed by atoms with Gasteiger partial charge in [-0.05, 0) is 13.3 Å². The van der Waals surface area contributed by atoms with E-state index in [-0.39, 0.29) is 0 Å². The van der Waals surface area contributed by atoms with E-state index in [9.17, 15) is 0 Å². The molecular weight excluding hydrogens is 124 g/mol. The highest BCUT2D eigenvalue weighted by molar-refractivity contribution is 5.38. The monoisotopic (exact) mass is 140 g/mol. The third-order valence-electron chi connectivity index (χ3n) is 1.72. The van der Waals surface area contributed by atoms with Crippen molar-refractivity contribution in [2.24, 2.45) is 0 Å². The van der Waals surface area contributed by atoms with E-state index in [1.54, 1.807) is 0 Å². The maximum Gasteiger partial charge on any atom is 0.335 e. The molecule has 2 heteroatoms.